The van der Waals surface area contributed by atoms with E-state index in [1.54, 1.807) is 0 Å². The average Bonchev–Trinajstić information content (AvgIpc) is 3.49. The maximum absolute atomic E-state index is 14.1. The van der Waals surface area contributed by atoms with Crippen molar-refractivity contribution in [2.75, 3.05) is 0 Å². The minimum Gasteiger partial charge on any atom is -0.267 e. The molecule has 0 atom stereocenters. The highest BCUT2D eigenvalue weighted by Gasteiger charge is 2.24. The van der Waals surface area contributed by atoms with Crippen LogP contribution < -0.4 is 11.1 Å². The Morgan fingerprint density at radius 1 is 0.396 bits per heavy atom. The lowest BCUT2D eigenvalue weighted by Crippen LogP contribution is -2.21. The highest BCUT2D eigenvalue weighted by atomic mass is 16.2. The molecule has 0 bridgehead atoms. The van der Waals surface area contributed by atoms with E-state index in [2.05, 4.69) is 119 Å². The SMILES string of the molecule is CC(C)c1cc(C(C)C)c(-c2ccc3c(c2)c(=O)n2c(=O)c4cc(-c5c(C(C)C)cc(C(C)C)cc5C(C)C)ccc4n32)c(C(C)C)c1. The van der Waals surface area contributed by atoms with Gasteiger partial charge in [0, 0.05) is 0 Å². The number of benzene rings is 4. The smallest absolute Gasteiger partial charge is 0.267 e. The monoisotopic (exact) mass is 640 g/mol. The van der Waals surface area contributed by atoms with E-state index in [0.29, 0.717) is 46.3 Å². The van der Waals surface area contributed by atoms with E-state index in [4.69, 9.17) is 0 Å². The number of nitrogens with zero attached hydrogens (tertiary/aromatic N) is 2. The van der Waals surface area contributed by atoms with Gasteiger partial charge < -0.3 is 0 Å². The van der Waals surface area contributed by atoms with Crippen molar-refractivity contribution in [3.63, 3.8) is 0 Å². The number of rotatable bonds is 8. The summed E-state index contributed by atoms with van der Waals surface area (Å²) in [5.41, 5.74) is 13.3. The summed E-state index contributed by atoms with van der Waals surface area (Å²) in [6.45, 7) is 26.9. The van der Waals surface area contributed by atoms with Crippen LogP contribution >= 0.6 is 0 Å². The second-order valence-electron chi connectivity index (χ2n) is 15.8. The first-order valence-electron chi connectivity index (χ1n) is 17.9. The molecule has 0 N–H and O–H groups in total. The van der Waals surface area contributed by atoms with E-state index >= 15 is 0 Å². The standard InChI is InChI=1S/C44H52N2O2/c1-23(2)31-19-33(25(5)6)41(34(20-31)26(7)8)29-13-15-39-37(17-29)43(47)46-44(48)38-18-30(14-16-40(38)45(39)46)42-35(27(9)10)21-32(24(3)4)22-36(42)28(11)12/h13-28H,1-12H3. The summed E-state index contributed by atoms with van der Waals surface area (Å²) in [5.74, 6) is 2.14. The number of fused-ring (bicyclic) bond motifs is 5. The molecule has 0 fully saturated rings. The molecular weight excluding hydrogens is 588 g/mol. The first-order valence-corrected chi connectivity index (χ1v) is 17.9. The highest BCUT2D eigenvalue weighted by Crippen LogP contribution is 2.41. The summed E-state index contributed by atoms with van der Waals surface area (Å²) in [5, 5.41) is 1.14. The molecule has 48 heavy (non-hydrogen) atoms. The fourth-order valence-electron chi connectivity index (χ4n) is 7.52. The first kappa shape index (κ1) is 33.7. The van der Waals surface area contributed by atoms with Crippen LogP contribution in [-0.2, 0) is 0 Å². The normalized spacial score (nSPS) is 12.6. The molecule has 6 aromatic rings. The van der Waals surface area contributed by atoms with Gasteiger partial charge in [-0.15, -0.1) is 0 Å². The van der Waals surface area contributed by atoms with Gasteiger partial charge in [0.15, 0.2) is 0 Å². The van der Waals surface area contributed by atoms with Crippen LogP contribution in [0.25, 0.3) is 44.1 Å². The van der Waals surface area contributed by atoms with Crippen molar-refractivity contribution in [2.24, 2.45) is 0 Å². The van der Waals surface area contributed by atoms with E-state index in [1.807, 2.05) is 28.8 Å². The summed E-state index contributed by atoms with van der Waals surface area (Å²) in [6, 6.07) is 21.7. The minimum absolute atomic E-state index is 0.266. The third-order valence-corrected chi connectivity index (χ3v) is 10.3. The zero-order chi connectivity index (χ0) is 34.9. The molecule has 0 spiro atoms. The third kappa shape index (κ3) is 5.38. The molecule has 0 amide bonds. The van der Waals surface area contributed by atoms with Gasteiger partial charge >= 0.3 is 0 Å². The van der Waals surface area contributed by atoms with Gasteiger partial charge in [0.05, 0.1) is 21.8 Å². The molecular formula is C44H52N2O2. The molecule has 6 rings (SSSR count). The van der Waals surface area contributed by atoms with Crippen LogP contribution in [0.5, 0.6) is 0 Å². The van der Waals surface area contributed by atoms with E-state index < -0.39 is 0 Å². The molecule has 4 heteroatoms. The van der Waals surface area contributed by atoms with E-state index in [0.717, 1.165) is 22.2 Å². The molecule has 2 heterocycles. The Labute approximate surface area is 285 Å². The van der Waals surface area contributed by atoms with Gasteiger partial charge in [-0.3, -0.25) is 9.59 Å². The van der Waals surface area contributed by atoms with Crippen LogP contribution in [0.4, 0.5) is 0 Å². The molecule has 2 aromatic heterocycles. The summed E-state index contributed by atoms with van der Waals surface area (Å²) in [4.78, 5) is 28.3. The van der Waals surface area contributed by atoms with Crippen LogP contribution in [-0.4, -0.2) is 9.03 Å². The summed E-state index contributed by atoms with van der Waals surface area (Å²) < 4.78 is 3.16. The Morgan fingerprint density at radius 2 is 0.708 bits per heavy atom. The molecule has 4 aromatic carbocycles. The second-order valence-corrected chi connectivity index (χ2v) is 15.8. The average molecular weight is 641 g/mol. The van der Waals surface area contributed by atoms with Gasteiger partial charge in [0.25, 0.3) is 11.1 Å². The van der Waals surface area contributed by atoms with Crippen molar-refractivity contribution in [3.8, 4) is 22.3 Å². The Hall–Kier alpha value is -4.18. The summed E-state index contributed by atoms with van der Waals surface area (Å²) in [6.07, 6.45) is 0. The summed E-state index contributed by atoms with van der Waals surface area (Å²) in [7, 11) is 0. The van der Waals surface area contributed by atoms with Gasteiger partial charge in [-0.2, -0.15) is 4.52 Å². The number of hydrogen-bond donors (Lipinski definition) is 0. The molecule has 4 nitrogen and oxygen atoms in total. The molecule has 0 radical (unpaired) electrons. The molecule has 0 aliphatic heterocycles. The van der Waals surface area contributed by atoms with Crippen LogP contribution in [0, 0.1) is 0 Å². The van der Waals surface area contributed by atoms with Crippen molar-refractivity contribution < 1.29 is 0 Å². The van der Waals surface area contributed by atoms with Crippen molar-refractivity contribution in [3.05, 3.63) is 115 Å². The van der Waals surface area contributed by atoms with E-state index in [-0.39, 0.29) is 11.1 Å². The quantitative estimate of drug-likeness (QED) is 0.166. The van der Waals surface area contributed by atoms with Gasteiger partial charge in [0.2, 0.25) is 0 Å². The molecule has 0 saturated carbocycles. The Kier molecular flexibility index (Phi) is 8.68. The zero-order valence-corrected chi connectivity index (χ0v) is 30.9. The fraction of sp³-hybridized carbons (Fsp3) is 0.409. The lowest BCUT2D eigenvalue weighted by Gasteiger charge is -2.23. The molecule has 0 aliphatic rings. The number of aromatic nitrogens is 2. The molecule has 0 saturated heterocycles. The Balaban J connectivity index is 1.59. The molecule has 0 aliphatic carbocycles. The minimum atomic E-state index is -0.266. The molecule has 250 valence electrons. The predicted molar refractivity (Wildman–Crippen MR) is 205 cm³/mol. The van der Waals surface area contributed by atoms with Crippen molar-refractivity contribution in [1.82, 2.24) is 9.03 Å². The maximum Gasteiger partial charge on any atom is 0.282 e. The fourth-order valence-corrected chi connectivity index (χ4v) is 7.52. The largest absolute Gasteiger partial charge is 0.282 e. The van der Waals surface area contributed by atoms with Gasteiger partial charge in [0.1, 0.15) is 0 Å². The Morgan fingerprint density at radius 3 is 0.979 bits per heavy atom. The molecule has 0 unspecified atom stereocenters. The van der Waals surface area contributed by atoms with Crippen molar-refractivity contribution in [2.45, 2.75) is 119 Å². The highest BCUT2D eigenvalue weighted by molar-refractivity contribution is 5.93. The lowest BCUT2D eigenvalue weighted by molar-refractivity contribution is 0.807. The third-order valence-electron chi connectivity index (χ3n) is 10.3. The van der Waals surface area contributed by atoms with Crippen LogP contribution in [0.2, 0.25) is 0 Å². The van der Waals surface area contributed by atoms with Crippen molar-refractivity contribution >= 4 is 21.8 Å². The second kappa shape index (κ2) is 12.4. The Bertz CT molecular complexity index is 2080. The van der Waals surface area contributed by atoms with Gasteiger partial charge in [-0.25, -0.2) is 4.52 Å². The zero-order valence-electron chi connectivity index (χ0n) is 30.9. The van der Waals surface area contributed by atoms with Crippen LogP contribution in [0.3, 0.4) is 0 Å². The van der Waals surface area contributed by atoms with Gasteiger partial charge in [-0.05, 0) is 115 Å². The lowest BCUT2D eigenvalue weighted by atomic mass is 9.81. The van der Waals surface area contributed by atoms with Crippen LogP contribution in [0.1, 0.15) is 152 Å². The van der Waals surface area contributed by atoms with Crippen LogP contribution in [0.15, 0.2) is 70.3 Å². The maximum atomic E-state index is 14.1. The first-order chi connectivity index (χ1) is 22.6. The van der Waals surface area contributed by atoms with Gasteiger partial charge in [-0.1, -0.05) is 119 Å². The summed E-state index contributed by atoms with van der Waals surface area (Å²) >= 11 is 0. The predicted octanol–water partition coefficient (Wildman–Crippen LogP) is 11.6. The van der Waals surface area contributed by atoms with E-state index in [1.165, 1.54) is 49.0 Å². The topological polar surface area (TPSA) is 43.0 Å². The number of hydrogen-bond acceptors (Lipinski definition) is 2. The van der Waals surface area contributed by atoms with E-state index in [9.17, 15) is 9.59 Å². The van der Waals surface area contributed by atoms with Crippen molar-refractivity contribution in [1.29, 1.82) is 0 Å².